The van der Waals surface area contributed by atoms with Gasteiger partial charge in [-0.1, -0.05) is 0 Å². The molecule has 114 valence electrons. The van der Waals surface area contributed by atoms with Crippen molar-refractivity contribution in [1.82, 2.24) is 0 Å². The molecule has 0 bridgehead atoms. The molecule has 7 heteroatoms. The summed E-state index contributed by atoms with van der Waals surface area (Å²) in [6.07, 6.45) is 1.50. The van der Waals surface area contributed by atoms with E-state index in [1.54, 1.807) is 26.0 Å². The minimum atomic E-state index is -1.58. The number of rotatable bonds is 5. The zero-order valence-electron chi connectivity index (χ0n) is 12.4. The number of nitrogens with two attached hydrogens (primary N) is 1. The van der Waals surface area contributed by atoms with Crippen LogP contribution in [-0.2, 0) is 9.47 Å². The molecule has 2 N–H and O–H groups in total. The van der Waals surface area contributed by atoms with Crippen LogP contribution in [0.3, 0.4) is 0 Å². The number of hydrogen-bond acceptors (Lipinski definition) is 7. The molecule has 22 heavy (non-hydrogen) atoms. The van der Waals surface area contributed by atoms with E-state index in [1.807, 2.05) is 0 Å². The molecule has 2 heterocycles. The van der Waals surface area contributed by atoms with Crippen molar-refractivity contribution in [3.63, 3.8) is 0 Å². The van der Waals surface area contributed by atoms with Crippen LogP contribution in [0.2, 0.25) is 0 Å². The van der Waals surface area contributed by atoms with Gasteiger partial charge in [0.05, 0.1) is 24.3 Å². The van der Waals surface area contributed by atoms with Gasteiger partial charge in [-0.25, -0.2) is 4.99 Å². The molecule has 2 aliphatic rings. The molecule has 0 unspecified atom stereocenters. The van der Waals surface area contributed by atoms with Crippen LogP contribution in [0.25, 0.3) is 0 Å². The Hall–Kier alpha value is -2.35. The number of ether oxygens (including phenoxy) is 2. The molecular weight excluding hydrogens is 284 g/mol. The standard InChI is InChI=1S/C15H16N4O3/c1-3-21-15(22-4-2)14(9-17)11(10-6-5-7-20-10)13(14,8-16)12(18)19-15/h5-7,11H,3-4H2,1-2H3,(H2,18,19)/t11-,13+,14+/m0/s1. The number of hydrogen-bond donors (Lipinski definition) is 1. The van der Waals surface area contributed by atoms with E-state index in [9.17, 15) is 10.5 Å². The van der Waals surface area contributed by atoms with Crippen LogP contribution in [0.15, 0.2) is 27.8 Å². The van der Waals surface area contributed by atoms with Gasteiger partial charge in [-0.15, -0.1) is 0 Å². The summed E-state index contributed by atoms with van der Waals surface area (Å²) in [5.74, 6) is -1.59. The van der Waals surface area contributed by atoms with E-state index in [0.717, 1.165) is 0 Å². The van der Waals surface area contributed by atoms with Gasteiger partial charge in [0.25, 0.3) is 5.91 Å². The van der Waals surface area contributed by atoms with Crippen LogP contribution in [-0.4, -0.2) is 25.0 Å². The predicted octanol–water partition coefficient (Wildman–Crippen LogP) is 1.49. The van der Waals surface area contributed by atoms with Gasteiger partial charge in [0, 0.05) is 13.2 Å². The third kappa shape index (κ3) is 1.29. The summed E-state index contributed by atoms with van der Waals surface area (Å²) in [6, 6.07) is 7.80. The lowest BCUT2D eigenvalue weighted by Crippen LogP contribution is -2.43. The normalized spacial score (nSPS) is 34.4. The van der Waals surface area contributed by atoms with Crippen molar-refractivity contribution >= 4 is 5.84 Å². The first-order valence-corrected chi connectivity index (χ1v) is 7.09. The average molecular weight is 300 g/mol. The number of nitriles is 2. The van der Waals surface area contributed by atoms with Crippen molar-refractivity contribution in [2.75, 3.05) is 13.2 Å². The second-order valence-corrected chi connectivity index (χ2v) is 5.23. The summed E-state index contributed by atoms with van der Waals surface area (Å²) in [7, 11) is 0. The Morgan fingerprint density at radius 3 is 2.45 bits per heavy atom. The minimum absolute atomic E-state index is 0.0554. The van der Waals surface area contributed by atoms with Crippen LogP contribution in [0.4, 0.5) is 0 Å². The van der Waals surface area contributed by atoms with Crippen molar-refractivity contribution in [1.29, 1.82) is 10.5 Å². The van der Waals surface area contributed by atoms with E-state index in [1.165, 1.54) is 6.26 Å². The molecule has 1 saturated carbocycles. The highest BCUT2D eigenvalue weighted by molar-refractivity contribution is 6.00. The Kier molecular flexibility index (Phi) is 3.03. The fourth-order valence-corrected chi connectivity index (χ4v) is 3.63. The van der Waals surface area contributed by atoms with Gasteiger partial charge in [0.2, 0.25) is 0 Å². The molecule has 1 aliphatic carbocycles. The van der Waals surface area contributed by atoms with Crippen molar-refractivity contribution in [3.05, 3.63) is 24.2 Å². The van der Waals surface area contributed by atoms with E-state index in [0.29, 0.717) is 5.76 Å². The highest BCUT2D eigenvalue weighted by atomic mass is 16.7. The lowest BCUT2D eigenvalue weighted by atomic mass is 9.93. The third-order valence-electron chi connectivity index (χ3n) is 4.44. The van der Waals surface area contributed by atoms with Crippen LogP contribution >= 0.6 is 0 Å². The Bertz CT molecular complexity index is 693. The van der Waals surface area contributed by atoms with Crippen molar-refractivity contribution < 1.29 is 13.9 Å². The zero-order valence-corrected chi connectivity index (χ0v) is 12.4. The van der Waals surface area contributed by atoms with Gasteiger partial charge in [-0.2, -0.15) is 10.5 Å². The molecular formula is C15H16N4O3. The molecule has 1 fully saturated rings. The van der Waals surface area contributed by atoms with Crippen molar-refractivity contribution in [2.45, 2.75) is 25.7 Å². The van der Waals surface area contributed by atoms with Gasteiger partial charge >= 0.3 is 0 Å². The molecule has 0 amide bonds. The second-order valence-electron chi connectivity index (χ2n) is 5.23. The number of amidine groups is 1. The summed E-state index contributed by atoms with van der Waals surface area (Å²) in [5.41, 5.74) is 3.40. The molecule has 7 nitrogen and oxygen atoms in total. The van der Waals surface area contributed by atoms with Gasteiger partial charge in [0.15, 0.2) is 10.8 Å². The molecule has 1 aromatic rings. The number of fused-ring (bicyclic) bond motifs is 1. The first-order valence-electron chi connectivity index (χ1n) is 7.09. The molecule has 3 atom stereocenters. The molecule has 3 rings (SSSR count). The molecule has 1 aliphatic heterocycles. The van der Waals surface area contributed by atoms with E-state index in [-0.39, 0.29) is 19.0 Å². The van der Waals surface area contributed by atoms with E-state index in [2.05, 4.69) is 17.1 Å². The van der Waals surface area contributed by atoms with Gasteiger partial charge in [0.1, 0.15) is 11.6 Å². The van der Waals surface area contributed by atoms with E-state index >= 15 is 0 Å². The highest BCUT2D eigenvalue weighted by Crippen LogP contribution is 2.81. The first-order chi connectivity index (χ1) is 10.6. The van der Waals surface area contributed by atoms with Crippen LogP contribution in [0.5, 0.6) is 0 Å². The SMILES string of the molecule is CCOC1(OCC)N=C(N)[C@@]2(C#N)[C@H](c3ccco3)[C@@]12C#N. The van der Waals surface area contributed by atoms with Crippen LogP contribution in [0, 0.1) is 33.5 Å². The quantitative estimate of drug-likeness (QED) is 0.823. The van der Waals surface area contributed by atoms with Gasteiger partial charge in [-0.05, 0) is 26.0 Å². The second kappa shape index (κ2) is 4.57. The minimum Gasteiger partial charge on any atom is -0.469 e. The highest BCUT2D eigenvalue weighted by Gasteiger charge is 2.94. The summed E-state index contributed by atoms with van der Waals surface area (Å²) >= 11 is 0. The summed E-state index contributed by atoms with van der Waals surface area (Å²) < 4.78 is 16.8. The topological polar surface area (TPSA) is 118 Å². The Morgan fingerprint density at radius 2 is 2.00 bits per heavy atom. The fraction of sp³-hybridized carbons (Fsp3) is 0.533. The monoisotopic (exact) mass is 300 g/mol. The molecule has 0 spiro atoms. The van der Waals surface area contributed by atoms with Gasteiger partial charge < -0.3 is 19.6 Å². The largest absolute Gasteiger partial charge is 0.469 e. The van der Waals surface area contributed by atoms with Crippen molar-refractivity contribution in [3.8, 4) is 12.1 Å². The molecule has 0 radical (unpaired) electrons. The maximum Gasteiger partial charge on any atom is 0.293 e. The Labute approximate surface area is 127 Å². The fourth-order valence-electron chi connectivity index (χ4n) is 3.63. The smallest absolute Gasteiger partial charge is 0.293 e. The molecule has 0 saturated heterocycles. The van der Waals surface area contributed by atoms with Crippen LogP contribution < -0.4 is 5.73 Å². The van der Waals surface area contributed by atoms with E-state index < -0.39 is 22.7 Å². The average Bonchev–Trinajstić information content (AvgIpc) is 2.78. The lowest BCUT2D eigenvalue weighted by Gasteiger charge is -2.31. The maximum absolute atomic E-state index is 9.91. The van der Waals surface area contributed by atoms with Gasteiger partial charge in [-0.3, -0.25) is 0 Å². The van der Waals surface area contributed by atoms with E-state index in [4.69, 9.17) is 19.6 Å². The van der Waals surface area contributed by atoms with Crippen LogP contribution in [0.1, 0.15) is 25.5 Å². The zero-order chi connectivity index (χ0) is 16.0. The predicted molar refractivity (Wildman–Crippen MR) is 75.1 cm³/mol. The van der Waals surface area contributed by atoms with Crippen molar-refractivity contribution in [2.24, 2.45) is 21.6 Å². The number of nitrogens with zero attached hydrogens (tertiary/aromatic N) is 3. The summed E-state index contributed by atoms with van der Waals surface area (Å²) in [5, 5.41) is 19.7. The molecule has 0 aromatic carbocycles. The first kappa shape index (κ1) is 14.6. The maximum atomic E-state index is 9.91. The summed E-state index contributed by atoms with van der Waals surface area (Å²) in [6.45, 7) is 4.08. The molecule has 1 aromatic heterocycles. The summed E-state index contributed by atoms with van der Waals surface area (Å²) in [4.78, 5) is 4.24. The Morgan fingerprint density at radius 1 is 1.32 bits per heavy atom. The third-order valence-corrected chi connectivity index (χ3v) is 4.44. The Balaban J connectivity index is 2.22. The number of aliphatic imine (C=N–C) groups is 1. The lowest BCUT2D eigenvalue weighted by molar-refractivity contribution is -0.255. The number of furan rings is 1.